The fraction of sp³-hybridized carbons (Fsp3) is 0.246. The van der Waals surface area contributed by atoms with Gasteiger partial charge in [0.15, 0.2) is 0 Å². The number of hydrogen-bond acceptors (Lipinski definition) is 7. The van der Waals surface area contributed by atoms with Gasteiger partial charge in [-0.1, -0.05) is 212 Å². The summed E-state index contributed by atoms with van der Waals surface area (Å²) in [6.45, 7) is 8.50. The molecule has 7 heteroatoms. The van der Waals surface area contributed by atoms with E-state index in [4.69, 9.17) is 28.7 Å². The fourth-order valence-electron chi connectivity index (χ4n) is 8.20. The molecular weight excluding hydrogens is 783 g/mol. The quantitative estimate of drug-likeness (QED) is 0.0479. The van der Waals surface area contributed by atoms with Gasteiger partial charge in [0.05, 0.1) is 0 Å². The first kappa shape index (κ1) is 50.9. The van der Waals surface area contributed by atoms with E-state index in [9.17, 15) is 0 Å². The molecule has 0 aromatic heterocycles. The Morgan fingerprint density at radius 2 is 0.578 bits per heavy atom. The van der Waals surface area contributed by atoms with E-state index < -0.39 is 11.1 Å². The summed E-state index contributed by atoms with van der Waals surface area (Å²) in [6, 6.07) is 77.8. The molecule has 0 atom stereocenters. The molecule has 0 fully saturated rings. The molecule has 0 aliphatic carbocycles. The largest absolute Gasteiger partial charge is 0.330 e. The highest BCUT2D eigenvalue weighted by atomic mass is 15.3. The number of benzene rings is 7. The van der Waals surface area contributed by atoms with Gasteiger partial charge in [-0.25, -0.2) is 0 Å². The van der Waals surface area contributed by atoms with Crippen molar-refractivity contribution in [2.75, 3.05) is 32.7 Å². The van der Waals surface area contributed by atoms with Crippen LogP contribution in [-0.2, 0) is 45.3 Å². The molecule has 0 spiro atoms. The maximum absolute atomic E-state index is 4.90. The molecule has 0 saturated heterocycles. The monoisotopic (exact) mass is 855 g/mol. The van der Waals surface area contributed by atoms with Crippen molar-refractivity contribution < 1.29 is 0 Å². The van der Waals surface area contributed by atoms with Crippen molar-refractivity contribution in [1.82, 2.24) is 10.2 Å². The fourth-order valence-corrected chi connectivity index (χ4v) is 8.20. The number of nitrogens with two attached hydrogens (primary N) is 5. The first-order chi connectivity index (χ1) is 31.4. The zero-order valence-corrected chi connectivity index (χ0v) is 37.7. The van der Waals surface area contributed by atoms with Gasteiger partial charge in [-0.2, -0.15) is 0 Å². The average molecular weight is 855 g/mol. The third kappa shape index (κ3) is 16.8. The number of rotatable bonds is 19. The molecule has 1 radical (unpaired) electrons. The van der Waals surface area contributed by atoms with Gasteiger partial charge in [0.2, 0.25) is 0 Å². The van der Waals surface area contributed by atoms with E-state index in [2.05, 4.69) is 229 Å². The summed E-state index contributed by atoms with van der Waals surface area (Å²) in [5.41, 5.74) is 32.7. The first-order valence-corrected chi connectivity index (χ1v) is 22.5. The maximum Gasteiger partial charge on any atom is 0.0485 e. The second-order valence-corrected chi connectivity index (χ2v) is 15.9. The van der Waals surface area contributed by atoms with Crippen LogP contribution in [0.3, 0.4) is 0 Å². The Morgan fingerprint density at radius 1 is 0.344 bits per heavy atom. The van der Waals surface area contributed by atoms with Crippen LogP contribution in [0.2, 0.25) is 0 Å². The maximum atomic E-state index is 4.90. The summed E-state index contributed by atoms with van der Waals surface area (Å²) in [6.07, 6.45) is 3.39. The van der Waals surface area contributed by atoms with Crippen LogP contribution in [0, 0.1) is 6.92 Å². The van der Waals surface area contributed by atoms with Crippen molar-refractivity contribution in [2.24, 2.45) is 28.7 Å². The third-order valence-electron chi connectivity index (χ3n) is 11.1. The average Bonchev–Trinajstić information content (AvgIpc) is 3.35. The van der Waals surface area contributed by atoms with E-state index in [1.54, 1.807) is 0 Å². The molecular formula is C57H72N7. The van der Waals surface area contributed by atoms with Gasteiger partial charge in [0.25, 0.3) is 0 Å². The molecule has 0 aliphatic rings. The summed E-state index contributed by atoms with van der Waals surface area (Å²) in [4.78, 5) is 2.83. The second-order valence-electron chi connectivity index (χ2n) is 15.9. The van der Waals surface area contributed by atoms with Crippen LogP contribution in [0.4, 0.5) is 0 Å². The molecule has 7 aromatic rings. The zero-order chi connectivity index (χ0) is 45.6. The van der Waals surface area contributed by atoms with Crippen LogP contribution in [0.5, 0.6) is 0 Å². The summed E-state index contributed by atoms with van der Waals surface area (Å²) in [5, 5.41) is 4.44. The van der Waals surface area contributed by atoms with Gasteiger partial charge in [-0.15, -0.1) is 0 Å². The van der Waals surface area contributed by atoms with Crippen LogP contribution in [0.15, 0.2) is 212 Å². The number of nitrogens with zero attached hydrogens (tertiary/aromatic N) is 1. The molecule has 64 heavy (non-hydrogen) atoms. The van der Waals surface area contributed by atoms with E-state index in [0.29, 0.717) is 32.7 Å². The smallest absolute Gasteiger partial charge is 0.0485 e. The van der Waals surface area contributed by atoms with Gasteiger partial charge in [-0.3, -0.25) is 4.90 Å². The summed E-state index contributed by atoms with van der Waals surface area (Å²) in [5.74, 6) is 0. The van der Waals surface area contributed by atoms with E-state index in [-0.39, 0.29) is 0 Å². The first-order valence-electron chi connectivity index (χ1n) is 22.5. The van der Waals surface area contributed by atoms with E-state index in [1.165, 1.54) is 38.9 Å². The van der Waals surface area contributed by atoms with Crippen molar-refractivity contribution in [3.63, 3.8) is 0 Å². The second kappa shape index (κ2) is 29.6. The van der Waals surface area contributed by atoms with Crippen LogP contribution in [-0.4, -0.2) is 48.7 Å². The topological polar surface area (TPSA) is 145 Å². The lowest BCUT2D eigenvalue weighted by Crippen LogP contribution is -2.73. The van der Waals surface area contributed by atoms with Gasteiger partial charge in [0, 0.05) is 56.9 Å². The minimum atomic E-state index is -0.458. The van der Waals surface area contributed by atoms with E-state index >= 15 is 0 Å². The minimum Gasteiger partial charge on any atom is -0.330 e. The lowest BCUT2D eigenvalue weighted by Gasteiger charge is -2.58. The highest BCUT2D eigenvalue weighted by Crippen LogP contribution is 2.43. The van der Waals surface area contributed by atoms with Crippen LogP contribution < -0.4 is 34.0 Å². The number of hydrogen-bond donors (Lipinski definition) is 6. The Labute approximate surface area is 384 Å². The molecule has 0 aliphatic heterocycles. The van der Waals surface area contributed by atoms with Crippen molar-refractivity contribution in [2.45, 2.75) is 56.4 Å². The van der Waals surface area contributed by atoms with E-state index in [1.807, 2.05) is 0 Å². The molecule has 0 amide bonds. The SMILES string of the molecule is NCCN.NCCN.[CH2]CN.c1ccc(CNC(Cc2ccccc2)(Cc2ccccc2)C(Cc2ccccc2)(Cc2ccccc2)N(Cc2ccccc2)Cc2ccccc2)cc1. The lowest BCUT2D eigenvalue weighted by atomic mass is 9.62. The zero-order valence-electron chi connectivity index (χ0n) is 37.7. The Kier molecular flexibility index (Phi) is 23.5. The van der Waals surface area contributed by atoms with Gasteiger partial charge >= 0.3 is 0 Å². The summed E-state index contributed by atoms with van der Waals surface area (Å²) >= 11 is 0. The number of nitrogens with one attached hydrogen (secondary N) is 1. The normalized spacial score (nSPS) is 11.0. The third-order valence-corrected chi connectivity index (χ3v) is 11.1. The van der Waals surface area contributed by atoms with Crippen molar-refractivity contribution >= 4 is 0 Å². The van der Waals surface area contributed by atoms with Crippen molar-refractivity contribution in [3.05, 3.63) is 258 Å². The van der Waals surface area contributed by atoms with E-state index in [0.717, 1.165) is 45.3 Å². The van der Waals surface area contributed by atoms with Crippen molar-refractivity contribution in [1.29, 1.82) is 0 Å². The lowest BCUT2D eigenvalue weighted by molar-refractivity contribution is -0.0225. The standard InChI is InChI=1S/C51H50N2.2C2H8N2.C2H6N/c1-8-22-43(23-9-1)36-50(37-44-24-10-2-11-25-44,52-40-47-30-16-5-17-31-47)51(38-45-26-12-3-13-27-45,39-46-28-14-4-15-29-46)53(41-48-32-18-6-19-33-48)42-49-34-20-7-21-35-49;2*3-1-2-4;1-2-3/h1-35,52H,36-42H2;2*1-4H2;1-3H2. The summed E-state index contributed by atoms with van der Waals surface area (Å²) in [7, 11) is 0. The van der Waals surface area contributed by atoms with Gasteiger partial charge in [0.1, 0.15) is 0 Å². The molecule has 0 bridgehead atoms. The minimum absolute atomic E-state index is 0.443. The Balaban J connectivity index is 0.000000737. The van der Waals surface area contributed by atoms with Crippen LogP contribution in [0.1, 0.15) is 38.9 Å². The predicted octanol–water partition coefficient (Wildman–Crippen LogP) is 8.51. The van der Waals surface area contributed by atoms with Gasteiger partial charge in [-0.05, 0) is 78.1 Å². The molecule has 335 valence electrons. The molecule has 7 aromatic carbocycles. The molecule has 7 rings (SSSR count). The Hall–Kier alpha value is -5.74. The molecule has 11 N–H and O–H groups in total. The highest BCUT2D eigenvalue weighted by Gasteiger charge is 2.54. The van der Waals surface area contributed by atoms with Crippen LogP contribution in [0.25, 0.3) is 0 Å². The Bertz CT molecular complexity index is 2020. The van der Waals surface area contributed by atoms with Crippen molar-refractivity contribution in [3.8, 4) is 0 Å². The van der Waals surface area contributed by atoms with Crippen LogP contribution >= 0.6 is 0 Å². The molecule has 0 unspecified atom stereocenters. The highest BCUT2D eigenvalue weighted by molar-refractivity contribution is 5.35. The molecule has 7 nitrogen and oxygen atoms in total. The molecule has 0 saturated carbocycles. The summed E-state index contributed by atoms with van der Waals surface area (Å²) < 4.78 is 0. The molecule has 0 heterocycles. The van der Waals surface area contributed by atoms with Gasteiger partial charge < -0.3 is 34.0 Å². The Morgan fingerprint density at radius 3 is 0.844 bits per heavy atom. The predicted molar refractivity (Wildman–Crippen MR) is 272 cm³/mol.